The first-order valence-electron chi connectivity index (χ1n) is 9.42. The molecule has 0 radical (unpaired) electrons. The minimum absolute atomic E-state index is 0.168. The Labute approximate surface area is 186 Å². The Hall–Kier alpha value is -3.45. The summed E-state index contributed by atoms with van der Waals surface area (Å²) in [7, 11) is 1.57. The predicted molar refractivity (Wildman–Crippen MR) is 121 cm³/mol. The van der Waals surface area contributed by atoms with Crippen molar-refractivity contribution in [1.82, 2.24) is 4.98 Å². The van der Waals surface area contributed by atoms with Crippen LogP contribution in [-0.2, 0) is 0 Å². The summed E-state index contributed by atoms with van der Waals surface area (Å²) < 4.78 is 17.5. The van der Waals surface area contributed by atoms with Crippen molar-refractivity contribution in [1.29, 1.82) is 0 Å². The van der Waals surface area contributed by atoms with Crippen LogP contribution in [0.15, 0.2) is 68.5 Å². The normalized spacial score (nSPS) is 10.8. The van der Waals surface area contributed by atoms with Crippen LogP contribution in [0.5, 0.6) is 11.5 Å². The molecule has 0 aliphatic heterocycles. The quantitative estimate of drug-likeness (QED) is 0.361. The highest BCUT2D eigenvalue weighted by Crippen LogP contribution is 2.33. The molecule has 4 rings (SSSR count). The first kappa shape index (κ1) is 20.8. The highest BCUT2D eigenvalue weighted by atomic mass is 79.9. The average molecular weight is 480 g/mol. The molecular formula is C24H18BrNO5. The van der Waals surface area contributed by atoms with Crippen LogP contribution in [0.4, 0.5) is 0 Å². The summed E-state index contributed by atoms with van der Waals surface area (Å²) in [6.45, 7) is 3.75. The van der Waals surface area contributed by atoms with Crippen molar-refractivity contribution in [2.45, 2.75) is 13.8 Å². The number of ether oxygens (including phenoxy) is 2. The van der Waals surface area contributed by atoms with Gasteiger partial charge in [0, 0.05) is 22.4 Å². The maximum absolute atomic E-state index is 13.4. The van der Waals surface area contributed by atoms with Crippen LogP contribution in [0.2, 0.25) is 0 Å². The Morgan fingerprint density at radius 1 is 1.06 bits per heavy atom. The van der Waals surface area contributed by atoms with E-state index in [4.69, 9.17) is 13.9 Å². The average Bonchev–Trinajstić information content (AvgIpc) is 2.75. The van der Waals surface area contributed by atoms with Gasteiger partial charge in [-0.15, -0.1) is 0 Å². The molecule has 2 aromatic heterocycles. The van der Waals surface area contributed by atoms with Gasteiger partial charge in [0.25, 0.3) is 0 Å². The Kier molecular flexibility index (Phi) is 5.61. The van der Waals surface area contributed by atoms with Gasteiger partial charge >= 0.3 is 5.97 Å². The molecule has 0 amide bonds. The molecule has 0 unspecified atom stereocenters. The van der Waals surface area contributed by atoms with Gasteiger partial charge in [-0.2, -0.15) is 0 Å². The van der Waals surface area contributed by atoms with Crippen LogP contribution in [-0.4, -0.2) is 18.1 Å². The lowest BCUT2D eigenvalue weighted by Gasteiger charge is -2.12. The SMILES string of the molecule is COc1ccc(-c2oc3cc(C)cc(C)c3c(=O)c2OC(=O)c2cncc(Br)c2)cc1. The molecule has 0 spiro atoms. The van der Waals surface area contributed by atoms with Gasteiger partial charge in [-0.1, -0.05) is 6.07 Å². The number of carbonyl (C=O) groups excluding carboxylic acids is 1. The minimum Gasteiger partial charge on any atom is -0.497 e. The Morgan fingerprint density at radius 2 is 1.81 bits per heavy atom. The molecule has 7 heteroatoms. The number of hydrogen-bond donors (Lipinski definition) is 0. The fourth-order valence-corrected chi connectivity index (χ4v) is 3.74. The third kappa shape index (κ3) is 4.09. The largest absolute Gasteiger partial charge is 0.497 e. The second kappa shape index (κ2) is 8.35. The van der Waals surface area contributed by atoms with Gasteiger partial charge in [0.1, 0.15) is 11.3 Å². The molecule has 0 aliphatic carbocycles. The van der Waals surface area contributed by atoms with E-state index in [1.54, 1.807) is 49.7 Å². The summed E-state index contributed by atoms with van der Waals surface area (Å²) in [6, 6.07) is 12.2. The zero-order chi connectivity index (χ0) is 22.1. The molecular weight excluding hydrogens is 462 g/mol. The summed E-state index contributed by atoms with van der Waals surface area (Å²) in [5, 5.41) is 0.373. The summed E-state index contributed by atoms with van der Waals surface area (Å²) >= 11 is 3.28. The Balaban J connectivity index is 1.93. The van der Waals surface area contributed by atoms with E-state index in [2.05, 4.69) is 20.9 Å². The van der Waals surface area contributed by atoms with Crippen LogP contribution in [0, 0.1) is 13.8 Å². The number of aryl methyl sites for hydroxylation is 2. The molecule has 31 heavy (non-hydrogen) atoms. The number of aromatic nitrogens is 1. The highest BCUT2D eigenvalue weighted by Gasteiger charge is 2.23. The van der Waals surface area contributed by atoms with Crippen molar-refractivity contribution in [3.63, 3.8) is 0 Å². The number of halogens is 1. The van der Waals surface area contributed by atoms with Crippen LogP contribution in [0.1, 0.15) is 21.5 Å². The molecule has 0 atom stereocenters. The third-order valence-electron chi connectivity index (χ3n) is 4.78. The smallest absolute Gasteiger partial charge is 0.345 e. The molecule has 0 aliphatic rings. The fourth-order valence-electron chi connectivity index (χ4n) is 3.37. The van der Waals surface area contributed by atoms with Gasteiger partial charge in [-0.3, -0.25) is 9.78 Å². The number of pyridine rings is 1. The predicted octanol–water partition coefficient (Wildman–Crippen LogP) is 5.46. The van der Waals surface area contributed by atoms with E-state index in [0.717, 1.165) is 11.1 Å². The monoisotopic (exact) mass is 479 g/mol. The van der Waals surface area contributed by atoms with Crippen LogP contribution in [0.25, 0.3) is 22.3 Å². The van der Waals surface area contributed by atoms with Crippen molar-refractivity contribution < 1.29 is 18.7 Å². The third-order valence-corrected chi connectivity index (χ3v) is 5.22. The highest BCUT2D eigenvalue weighted by molar-refractivity contribution is 9.10. The maximum Gasteiger partial charge on any atom is 0.345 e. The minimum atomic E-state index is -0.708. The first-order valence-corrected chi connectivity index (χ1v) is 10.2. The van der Waals surface area contributed by atoms with Crippen molar-refractivity contribution in [3.05, 3.63) is 86.2 Å². The molecule has 0 fully saturated rings. The number of carbonyl (C=O) groups is 1. The number of esters is 1. The summed E-state index contributed by atoms with van der Waals surface area (Å²) in [4.78, 5) is 30.2. The van der Waals surface area contributed by atoms with Crippen molar-refractivity contribution in [2.24, 2.45) is 0 Å². The lowest BCUT2D eigenvalue weighted by atomic mass is 10.0. The number of benzene rings is 2. The number of rotatable bonds is 4. The van der Waals surface area contributed by atoms with Gasteiger partial charge in [0.15, 0.2) is 5.76 Å². The molecule has 156 valence electrons. The maximum atomic E-state index is 13.4. The second-order valence-electron chi connectivity index (χ2n) is 7.05. The molecule has 4 aromatic rings. The molecule has 2 heterocycles. The number of fused-ring (bicyclic) bond motifs is 1. The van der Waals surface area contributed by atoms with Gasteiger partial charge in [0.05, 0.1) is 18.1 Å². The number of methoxy groups -OCH3 is 1. The summed E-state index contributed by atoms with van der Waals surface area (Å²) in [6.07, 6.45) is 2.92. The second-order valence-corrected chi connectivity index (χ2v) is 7.97. The zero-order valence-corrected chi connectivity index (χ0v) is 18.6. The van der Waals surface area contributed by atoms with E-state index < -0.39 is 11.4 Å². The Bertz CT molecular complexity index is 1360. The van der Waals surface area contributed by atoms with Gasteiger partial charge in [-0.05, 0) is 77.3 Å². The summed E-state index contributed by atoms with van der Waals surface area (Å²) in [5.41, 5.74) is 2.49. The van der Waals surface area contributed by atoms with E-state index in [1.807, 2.05) is 19.9 Å². The van der Waals surface area contributed by atoms with Crippen LogP contribution >= 0.6 is 15.9 Å². The lowest BCUT2D eigenvalue weighted by Crippen LogP contribution is -2.17. The van der Waals surface area contributed by atoms with Crippen molar-refractivity contribution >= 4 is 32.9 Å². The number of nitrogens with zero attached hydrogens (tertiary/aromatic N) is 1. The van der Waals surface area contributed by atoms with Crippen molar-refractivity contribution in [3.8, 4) is 22.8 Å². The van der Waals surface area contributed by atoms with E-state index in [9.17, 15) is 9.59 Å². The topological polar surface area (TPSA) is 78.6 Å². The van der Waals surface area contributed by atoms with E-state index in [0.29, 0.717) is 26.8 Å². The van der Waals surface area contributed by atoms with Gasteiger partial charge < -0.3 is 13.9 Å². The van der Waals surface area contributed by atoms with E-state index in [1.165, 1.54) is 6.20 Å². The molecule has 0 bridgehead atoms. The molecule has 0 saturated carbocycles. The van der Waals surface area contributed by atoms with Gasteiger partial charge in [-0.25, -0.2) is 4.79 Å². The standard InChI is InChI=1S/C24H18BrNO5/c1-13-8-14(2)20-19(9-13)30-22(15-4-6-18(29-3)7-5-15)23(21(20)27)31-24(28)16-10-17(25)12-26-11-16/h4-12H,1-3H3. The first-order chi connectivity index (χ1) is 14.9. The van der Waals surface area contributed by atoms with Crippen LogP contribution in [0.3, 0.4) is 0 Å². The van der Waals surface area contributed by atoms with Gasteiger partial charge in [0.2, 0.25) is 11.2 Å². The summed E-state index contributed by atoms with van der Waals surface area (Å²) in [5.74, 6) is -0.0617. The van der Waals surface area contributed by atoms with Crippen molar-refractivity contribution in [2.75, 3.05) is 7.11 Å². The molecule has 0 saturated heterocycles. The lowest BCUT2D eigenvalue weighted by molar-refractivity contribution is 0.0731. The Morgan fingerprint density at radius 3 is 2.48 bits per heavy atom. The van der Waals surface area contributed by atoms with E-state index >= 15 is 0 Å². The molecule has 6 nitrogen and oxygen atoms in total. The van der Waals surface area contributed by atoms with E-state index in [-0.39, 0.29) is 17.1 Å². The van der Waals surface area contributed by atoms with Crippen LogP contribution < -0.4 is 14.9 Å². The fraction of sp³-hybridized carbons (Fsp3) is 0.125. The molecule has 2 aromatic carbocycles. The zero-order valence-electron chi connectivity index (χ0n) is 17.1. The number of hydrogen-bond acceptors (Lipinski definition) is 6. The molecule has 0 N–H and O–H groups in total.